The SMILES string of the molecule is CC(=O)c1cc(Br)ccc1Oc1ccc(Br)cc1C. The monoisotopic (exact) mass is 382 g/mol. The smallest absolute Gasteiger partial charge is 0.163 e. The Morgan fingerprint density at radius 1 is 1.00 bits per heavy atom. The van der Waals surface area contributed by atoms with Crippen LogP contribution in [0.25, 0.3) is 0 Å². The maximum Gasteiger partial charge on any atom is 0.163 e. The lowest BCUT2D eigenvalue weighted by molar-refractivity contribution is 0.101. The van der Waals surface area contributed by atoms with Gasteiger partial charge in [-0.25, -0.2) is 0 Å². The molecular weight excluding hydrogens is 372 g/mol. The molecule has 2 rings (SSSR count). The van der Waals surface area contributed by atoms with Crippen LogP contribution >= 0.6 is 31.9 Å². The van der Waals surface area contributed by atoms with E-state index in [0.717, 1.165) is 20.3 Å². The number of rotatable bonds is 3. The van der Waals surface area contributed by atoms with Crippen molar-refractivity contribution < 1.29 is 9.53 Å². The van der Waals surface area contributed by atoms with Crippen LogP contribution in [0.1, 0.15) is 22.8 Å². The summed E-state index contributed by atoms with van der Waals surface area (Å²) in [7, 11) is 0. The summed E-state index contributed by atoms with van der Waals surface area (Å²) < 4.78 is 7.71. The van der Waals surface area contributed by atoms with Crippen molar-refractivity contribution in [3.8, 4) is 11.5 Å². The summed E-state index contributed by atoms with van der Waals surface area (Å²) in [4.78, 5) is 11.6. The average molecular weight is 384 g/mol. The highest BCUT2D eigenvalue weighted by atomic mass is 79.9. The number of aryl methyl sites for hydroxylation is 1. The Kier molecular flexibility index (Phi) is 4.42. The fraction of sp³-hybridized carbons (Fsp3) is 0.133. The lowest BCUT2D eigenvalue weighted by atomic mass is 10.1. The number of hydrogen-bond acceptors (Lipinski definition) is 2. The number of benzene rings is 2. The third kappa shape index (κ3) is 3.45. The third-order valence-electron chi connectivity index (χ3n) is 2.68. The zero-order chi connectivity index (χ0) is 14.0. The number of ether oxygens (including phenoxy) is 1. The Morgan fingerprint density at radius 2 is 1.58 bits per heavy atom. The van der Waals surface area contributed by atoms with Crippen LogP contribution in [0.5, 0.6) is 11.5 Å². The molecule has 0 aliphatic heterocycles. The molecule has 19 heavy (non-hydrogen) atoms. The minimum absolute atomic E-state index is 0.0222. The number of ketones is 1. The zero-order valence-electron chi connectivity index (χ0n) is 10.5. The van der Waals surface area contributed by atoms with Gasteiger partial charge in [-0.15, -0.1) is 0 Å². The van der Waals surface area contributed by atoms with Crippen LogP contribution in [-0.4, -0.2) is 5.78 Å². The van der Waals surface area contributed by atoms with E-state index in [1.54, 1.807) is 12.1 Å². The van der Waals surface area contributed by atoms with Crippen LogP contribution in [-0.2, 0) is 0 Å². The van der Waals surface area contributed by atoms with E-state index in [1.165, 1.54) is 6.92 Å². The zero-order valence-corrected chi connectivity index (χ0v) is 13.7. The molecule has 0 amide bonds. The largest absolute Gasteiger partial charge is 0.456 e. The quantitative estimate of drug-likeness (QED) is 0.652. The van der Waals surface area contributed by atoms with Gasteiger partial charge in [-0.05, 0) is 55.8 Å². The van der Waals surface area contributed by atoms with Gasteiger partial charge >= 0.3 is 0 Å². The van der Waals surface area contributed by atoms with E-state index in [4.69, 9.17) is 4.74 Å². The van der Waals surface area contributed by atoms with Gasteiger partial charge in [0, 0.05) is 8.95 Å². The van der Waals surface area contributed by atoms with E-state index in [1.807, 2.05) is 31.2 Å². The van der Waals surface area contributed by atoms with Crippen LogP contribution in [0.3, 0.4) is 0 Å². The third-order valence-corrected chi connectivity index (χ3v) is 3.66. The minimum atomic E-state index is -0.0222. The first-order chi connectivity index (χ1) is 8.97. The Labute approximate surface area is 129 Å². The Bertz CT molecular complexity index is 636. The van der Waals surface area contributed by atoms with E-state index >= 15 is 0 Å². The Hall–Kier alpha value is -1.13. The second-order valence-corrected chi connectivity index (χ2v) is 6.04. The van der Waals surface area contributed by atoms with Gasteiger partial charge in [0.05, 0.1) is 5.56 Å². The average Bonchev–Trinajstić information content (AvgIpc) is 2.34. The second kappa shape index (κ2) is 5.88. The summed E-state index contributed by atoms with van der Waals surface area (Å²) in [5, 5.41) is 0. The molecule has 0 unspecified atom stereocenters. The highest BCUT2D eigenvalue weighted by Crippen LogP contribution is 2.31. The van der Waals surface area contributed by atoms with Crippen molar-refractivity contribution in [1.82, 2.24) is 0 Å². The number of hydrogen-bond donors (Lipinski definition) is 0. The summed E-state index contributed by atoms with van der Waals surface area (Å²) >= 11 is 6.77. The molecule has 2 nitrogen and oxygen atoms in total. The maximum absolute atomic E-state index is 11.6. The van der Waals surface area contributed by atoms with E-state index in [2.05, 4.69) is 31.9 Å². The second-order valence-electron chi connectivity index (χ2n) is 4.21. The summed E-state index contributed by atoms with van der Waals surface area (Å²) in [6.07, 6.45) is 0. The molecule has 98 valence electrons. The normalized spacial score (nSPS) is 10.3. The molecule has 0 aromatic heterocycles. The first kappa shape index (κ1) is 14.3. The minimum Gasteiger partial charge on any atom is -0.456 e. The van der Waals surface area contributed by atoms with Crippen LogP contribution in [0.15, 0.2) is 45.3 Å². The summed E-state index contributed by atoms with van der Waals surface area (Å²) in [6, 6.07) is 11.2. The molecule has 0 saturated heterocycles. The standard InChI is InChI=1S/C15H12Br2O2/c1-9-7-11(16)3-5-14(9)19-15-6-4-12(17)8-13(15)10(2)18/h3-8H,1-2H3. The lowest BCUT2D eigenvalue weighted by Crippen LogP contribution is -1.98. The summed E-state index contributed by atoms with van der Waals surface area (Å²) in [5.41, 5.74) is 1.57. The molecule has 0 spiro atoms. The molecule has 0 saturated carbocycles. The van der Waals surface area contributed by atoms with Crippen molar-refractivity contribution in [1.29, 1.82) is 0 Å². The molecule has 0 aliphatic rings. The Balaban J connectivity index is 2.40. The van der Waals surface area contributed by atoms with Gasteiger partial charge in [0.2, 0.25) is 0 Å². The van der Waals surface area contributed by atoms with Crippen molar-refractivity contribution in [2.24, 2.45) is 0 Å². The van der Waals surface area contributed by atoms with Crippen LogP contribution in [0.2, 0.25) is 0 Å². The molecule has 4 heteroatoms. The van der Waals surface area contributed by atoms with Gasteiger partial charge in [0.1, 0.15) is 11.5 Å². The Morgan fingerprint density at radius 3 is 2.16 bits per heavy atom. The van der Waals surface area contributed by atoms with Crippen molar-refractivity contribution in [3.05, 3.63) is 56.5 Å². The van der Waals surface area contributed by atoms with Gasteiger partial charge in [0.25, 0.3) is 0 Å². The first-order valence-electron chi connectivity index (χ1n) is 5.72. The molecule has 2 aromatic rings. The lowest BCUT2D eigenvalue weighted by Gasteiger charge is -2.12. The van der Waals surface area contributed by atoms with E-state index < -0.39 is 0 Å². The molecule has 0 bridgehead atoms. The van der Waals surface area contributed by atoms with E-state index in [9.17, 15) is 4.79 Å². The molecule has 0 heterocycles. The molecule has 0 fully saturated rings. The molecular formula is C15H12Br2O2. The fourth-order valence-electron chi connectivity index (χ4n) is 1.71. The van der Waals surface area contributed by atoms with Gasteiger partial charge in [-0.1, -0.05) is 31.9 Å². The molecule has 0 aliphatic carbocycles. The van der Waals surface area contributed by atoms with Crippen molar-refractivity contribution in [3.63, 3.8) is 0 Å². The van der Waals surface area contributed by atoms with Crippen LogP contribution in [0.4, 0.5) is 0 Å². The van der Waals surface area contributed by atoms with Gasteiger partial charge in [0.15, 0.2) is 5.78 Å². The fourth-order valence-corrected chi connectivity index (χ4v) is 2.55. The molecule has 0 radical (unpaired) electrons. The van der Waals surface area contributed by atoms with Gasteiger partial charge in [-0.2, -0.15) is 0 Å². The van der Waals surface area contributed by atoms with Crippen molar-refractivity contribution in [2.45, 2.75) is 13.8 Å². The first-order valence-corrected chi connectivity index (χ1v) is 7.30. The molecule has 2 aromatic carbocycles. The van der Waals surface area contributed by atoms with E-state index in [0.29, 0.717) is 11.3 Å². The van der Waals surface area contributed by atoms with Crippen molar-refractivity contribution >= 4 is 37.6 Å². The summed E-state index contributed by atoms with van der Waals surface area (Å²) in [6.45, 7) is 3.50. The van der Waals surface area contributed by atoms with E-state index in [-0.39, 0.29) is 5.78 Å². The highest BCUT2D eigenvalue weighted by Gasteiger charge is 2.11. The molecule has 0 atom stereocenters. The maximum atomic E-state index is 11.6. The summed E-state index contributed by atoms with van der Waals surface area (Å²) in [5.74, 6) is 1.29. The predicted molar refractivity (Wildman–Crippen MR) is 83.1 cm³/mol. The number of Topliss-reactive ketones (excluding diaryl/α,β-unsaturated/α-hetero) is 1. The number of halogens is 2. The number of carbonyl (C=O) groups excluding carboxylic acids is 1. The van der Waals surface area contributed by atoms with Gasteiger partial charge < -0.3 is 4.74 Å². The van der Waals surface area contributed by atoms with Crippen molar-refractivity contribution in [2.75, 3.05) is 0 Å². The van der Waals surface area contributed by atoms with Gasteiger partial charge in [-0.3, -0.25) is 4.79 Å². The van der Waals surface area contributed by atoms with Crippen LogP contribution in [0, 0.1) is 6.92 Å². The predicted octanol–water partition coefficient (Wildman–Crippen LogP) is 5.51. The highest BCUT2D eigenvalue weighted by molar-refractivity contribution is 9.10. The van der Waals surface area contributed by atoms with Crippen LogP contribution < -0.4 is 4.74 Å². The molecule has 0 N–H and O–H groups in total. The number of carbonyl (C=O) groups is 1. The topological polar surface area (TPSA) is 26.3 Å².